The van der Waals surface area contributed by atoms with Gasteiger partial charge in [0.2, 0.25) is 0 Å². The van der Waals surface area contributed by atoms with Crippen LogP contribution in [0.15, 0.2) is 114 Å². The third-order valence-corrected chi connectivity index (χ3v) is 6.32. The lowest BCUT2D eigenvalue weighted by Gasteiger charge is -2.10. The number of para-hydroxylation sites is 1. The first-order valence-electron chi connectivity index (χ1n) is 10.1. The number of hydrogen-bond donors (Lipinski definition) is 0. The van der Waals surface area contributed by atoms with Crippen molar-refractivity contribution in [3.05, 3.63) is 114 Å². The molecule has 0 atom stereocenters. The van der Waals surface area contributed by atoms with Crippen molar-refractivity contribution < 1.29 is 0 Å². The van der Waals surface area contributed by atoms with Gasteiger partial charge in [0.1, 0.15) is 0 Å². The smallest absolute Gasteiger partial charge is 0.0552 e. The molecule has 0 radical (unpaired) electrons. The Morgan fingerprint density at radius 1 is 0.500 bits per heavy atom. The second kappa shape index (κ2) is 6.86. The van der Waals surface area contributed by atoms with E-state index in [1.807, 2.05) is 0 Å². The van der Waals surface area contributed by atoms with Crippen molar-refractivity contribution in [1.29, 1.82) is 0 Å². The minimum Gasteiger partial charge on any atom is -0.309 e. The predicted molar refractivity (Wildman–Crippen MR) is 131 cm³/mol. The monoisotopic (exact) mass is 447 g/mol. The Morgan fingerprint density at radius 3 is 2.13 bits per heavy atom. The van der Waals surface area contributed by atoms with Crippen LogP contribution < -0.4 is 0 Å². The fourth-order valence-electron chi connectivity index (χ4n) is 4.40. The highest BCUT2D eigenvalue weighted by Gasteiger charge is 2.12. The highest BCUT2D eigenvalue weighted by Crippen LogP contribution is 2.34. The summed E-state index contributed by atoms with van der Waals surface area (Å²) < 4.78 is 3.45. The zero-order valence-electron chi connectivity index (χ0n) is 16.2. The average Bonchev–Trinajstić information content (AvgIpc) is 3.12. The molecule has 0 saturated heterocycles. The molecule has 0 fully saturated rings. The molecule has 0 spiro atoms. The molecule has 0 aliphatic carbocycles. The van der Waals surface area contributed by atoms with E-state index in [4.69, 9.17) is 0 Å². The summed E-state index contributed by atoms with van der Waals surface area (Å²) in [5.41, 5.74) is 6.11. The summed E-state index contributed by atoms with van der Waals surface area (Å²) in [7, 11) is 0. The van der Waals surface area contributed by atoms with Gasteiger partial charge in [-0.3, -0.25) is 0 Å². The molecule has 1 nitrogen and oxygen atoms in total. The molecule has 1 aromatic heterocycles. The normalized spacial score (nSPS) is 11.5. The van der Waals surface area contributed by atoms with E-state index in [-0.39, 0.29) is 0 Å². The Hall–Kier alpha value is -3.36. The van der Waals surface area contributed by atoms with Crippen molar-refractivity contribution in [2.75, 3.05) is 0 Å². The van der Waals surface area contributed by atoms with E-state index in [1.165, 1.54) is 49.4 Å². The Labute approximate surface area is 183 Å². The molecule has 0 aliphatic rings. The van der Waals surface area contributed by atoms with Crippen LogP contribution in [0, 0.1) is 0 Å². The Bertz CT molecular complexity index is 1540. The van der Waals surface area contributed by atoms with E-state index in [1.54, 1.807) is 0 Å². The van der Waals surface area contributed by atoms with Crippen LogP contribution in [0.5, 0.6) is 0 Å². The zero-order chi connectivity index (χ0) is 20.1. The number of hydrogen-bond acceptors (Lipinski definition) is 0. The van der Waals surface area contributed by atoms with Gasteiger partial charge < -0.3 is 4.57 Å². The number of benzene rings is 5. The zero-order valence-corrected chi connectivity index (χ0v) is 17.8. The second-order valence-corrected chi connectivity index (χ2v) is 8.54. The third kappa shape index (κ3) is 2.76. The van der Waals surface area contributed by atoms with E-state index in [2.05, 4.69) is 130 Å². The first kappa shape index (κ1) is 17.5. The summed E-state index contributed by atoms with van der Waals surface area (Å²) in [6.45, 7) is 0. The summed E-state index contributed by atoms with van der Waals surface area (Å²) in [6, 6.07) is 39.2. The van der Waals surface area contributed by atoms with Gasteiger partial charge >= 0.3 is 0 Å². The number of fused-ring (bicyclic) bond motifs is 4. The minimum atomic E-state index is 1.09. The van der Waals surface area contributed by atoms with Gasteiger partial charge in [0.05, 0.1) is 11.0 Å². The van der Waals surface area contributed by atoms with Gasteiger partial charge in [-0.15, -0.1) is 0 Å². The summed E-state index contributed by atoms with van der Waals surface area (Å²) in [6.07, 6.45) is 0. The van der Waals surface area contributed by atoms with Crippen molar-refractivity contribution in [1.82, 2.24) is 4.57 Å². The molecule has 5 aromatic carbocycles. The highest BCUT2D eigenvalue weighted by atomic mass is 79.9. The molecule has 0 aliphatic heterocycles. The molecular weight excluding hydrogens is 430 g/mol. The van der Waals surface area contributed by atoms with E-state index in [0.29, 0.717) is 0 Å². The number of nitrogens with zero attached hydrogens (tertiary/aromatic N) is 1. The fraction of sp³-hybridized carbons (Fsp3) is 0. The Balaban J connectivity index is 1.58. The number of aromatic nitrogens is 1. The standard InChI is InChI=1S/C28H18BrN/c29-23-13-15-26-25-8-4-5-9-27(25)30(28(26)18-23)24-14-12-21-16-20(10-11-22(21)17-24)19-6-2-1-3-7-19/h1-18H. The largest absolute Gasteiger partial charge is 0.309 e. The molecule has 6 rings (SSSR count). The van der Waals surface area contributed by atoms with Gasteiger partial charge in [0, 0.05) is 20.9 Å². The molecule has 0 amide bonds. The summed E-state index contributed by atoms with van der Waals surface area (Å²) in [5, 5.41) is 5.04. The van der Waals surface area contributed by atoms with Crippen molar-refractivity contribution in [3.63, 3.8) is 0 Å². The lowest BCUT2D eigenvalue weighted by molar-refractivity contribution is 1.18. The van der Waals surface area contributed by atoms with Crippen molar-refractivity contribution in [3.8, 4) is 16.8 Å². The van der Waals surface area contributed by atoms with Crippen LogP contribution in [-0.4, -0.2) is 4.57 Å². The van der Waals surface area contributed by atoms with Gasteiger partial charge in [0.25, 0.3) is 0 Å². The van der Waals surface area contributed by atoms with Crippen molar-refractivity contribution >= 4 is 48.5 Å². The molecule has 0 bridgehead atoms. The number of halogens is 1. The topological polar surface area (TPSA) is 4.93 Å². The van der Waals surface area contributed by atoms with Gasteiger partial charge in [-0.2, -0.15) is 0 Å². The van der Waals surface area contributed by atoms with Crippen LogP contribution in [0.2, 0.25) is 0 Å². The quantitative estimate of drug-likeness (QED) is 0.251. The first-order chi connectivity index (χ1) is 14.8. The van der Waals surface area contributed by atoms with Crippen LogP contribution in [0.3, 0.4) is 0 Å². The Morgan fingerprint density at radius 2 is 1.23 bits per heavy atom. The number of rotatable bonds is 2. The van der Waals surface area contributed by atoms with Crippen molar-refractivity contribution in [2.45, 2.75) is 0 Å². The molecule has 30 heavy (non-hydrogen) atoms. The molecule has 0 unspecified atom stereocenters. The molecule has 0 N–H and O–H groups in total. The van der Waals surface area contributed by atoms with E-state index >= 15 is 0 Å². The molecule has 6 aromatic rings. The summed E-state index contributed by atoms with van der Waals surface area (Å²) >= 11 is 3.65. The van der Waals surface area contributed by atoms with E-state index in [0.717, 1.165) is 4.47 Å². The van der Waals surface area contributed by atoms with E-state index in [9.17, 15) is 0 Å². The third-order valence-electron chi connectivity index (χ3n) is 5.82. The van der Waals surface area contributed by atoms with Gasteiger partial charge in [-0.25, -0.2) is 0 Å². The lowest BCUT2D eigenvalue weighted by Crippen LogP contribution is -1.93. The predicted octanol–water partition coefficient (Wildman–Crippen LogP) is 8.37. The molecule has 0 saturated carbocycles. The van der Waals surface area contributed by atoms with Crippen LogP contribution in [0.1, 0.15) is 0 Å². The summed E-state index contributed by atoms with van der Waals surface area (Å²) in [4.78, 5) is 0. The van der Waals surface area contributed by atoms with Crippen LogP contribution in [0.25, 0.3) is 49.4 Å². The molecule has 142 valence electrons. The first-order valence-corrected chi connectivity index (χ1v) is 10.9. The molecule has 1 heterocycles. The van der Waals surface area contributed by atoms with Gasteiger partial charge in [-0.1, -0.05) is 88.7 Å². The second-order valence-electron chi connectivity index (χ2n) is 7.63. The average molecular weight is 448 g/mol. The van der Waals surface area contributed by atoms with Crippen LogP contribution >= 0.6 is 15.9 Å². The minimum absolute atomic E-state index is 1.09. The fourth-order valence-corrected chi connectivity index (χ4v) is 4.75. The SMILES string of the molecule is Brc1ccc2c3ccccc3n(-c3ccc4cc(-c5ccccc5)ccc4c3)c2c1. The lowest BCUT2D eigenvalue weighted by atomic mass is 10.0. The maximum absolute atomic E-state index is 3.65. The molecular formula is C28H18BrN. The van der Waals surface area contributed by atoms with E-state index < -0.39 is 0 Å². The van der Waals surface area contributed by atoms with Crippen LogP contribution in [0.4, 0.5) is 0 Å². The highest BCUT2D eigenvalue weighted by molar-refractivity contribution is 9.10. The maximum Gasteiger partial charge on any atom is 0.0552 e. The van der Waals surface area contributed by atoms with Gasteiger partial charge in [0.15, 0.2) is 0 Å². The maximum atomic E-state index is 3.65. The molecule has 2 heteroatoms. The van der Waals surface area contributed by atoms with Crippen molar-refractivity contribution in [2.24, 2.45) is 0 Å². The Kier molecular flexibility index (Phi) is 4.00. The van der Waals surface area contributed by atoms with Crippen LogP contribution in [-0.2, 0) is 0 Å². The van der Waals surface area contributed by atoms with Gasteiger partial charge in [-0.05, 0) is 58.3 Å². The summed E-state index contributed by atoms with van der Waals surface area (Å²) in [5.74, 6) is 0.